The van der Waals surface area contributed by atoms with Gasteiger partial charge < -0.3 is 10.6 Å². The number of nitrogens with zero attached hydrogens (tertiary/aromatic N) is 3. The van der Waals surface area contributed by atoms with Gasteiger partial charge in [0.25, 0.3) is 11.6 Å². The molecule has 2 N–H and O–H groups in total. The van der Waals surface area contributed by atoms with E-state index in [1.54, 1.807) is 6.07 Å². The van der Waals surface area contributed by atoms with Gasteiger partial charge in [-0.1, -0.05) is 23.2 Å². The molecule has 140 valence electrons. The third kappa shape index (κ3) is 4.45. The van der Waals surface area contributed by atoms with E-state index in [0.29, 0.717) is 0 Å². The summed E-state index contributed by atoms with van der Waals surface area (Å²) in [5.74, 6) is -0.290. The van der Waals surface area contributed by atoms with Crippen molar-refractivity contribution in [3.05, 3.63) is 50.2 Å². The van der Waals surface area contributed by atoms with Gasteiger partial charge in [-0.25, -0.2) is 4.68 Å². The number of non-ortho nitro benzene ring substituents is 1. The normalized spacial score (nSPS) is 16.6. The van der Waals surface area contributed by atoms with Crippen LogP contribution < -0.4 is 10.6 Å². The fourth-order valence-electron chi connectivity index (χ4n) is 2.68. The second-order valence-corrected chi connectivity index (χ2v) is 6.49. The van der Waals surface area contributed by atoms with Crippen molar-refractivity contribution in [1.82, 2.24) is 20.4 Å². The van der Waals surface area contributed by atoms with Crippen LogP contribution in [-0.2, 0) is 0 Å². The molecule has 0 bridgehead atoms. The van der Waals surface area contributed by atoms with E-state index in [-0.39, 0.29) is 51.5 Å². The Labute approximate surface area is 165 Å². The predicted molar refractivity (Wildman–Crippen MR) is 101 cm³/mol. The Morgan fingerprint density at radius 1 is 1.38 bits per heavy atom. The molecule has 2 aromatic rings. The molecule has 1 aromatic heterocycles. The van der Waals surface area contributed by atoms with Crippen molar-refractivity contribution in [2.24, 2.45) is 0 Å². The highest BCUT2D eigenvalue weighted by atomic mass is 35.5. The van der Waals surface area contributed by atoms with Crippen molar-refractivity contribution in [2.75, 3.05) is 13.1 Å². The van der Waals surface area contributed by atoms with Crippen LogP contribution in [0, 0.1) is 10.1 Å². The Morgan fingerprint density at radius 3 is 2.65 bits per heavy atom. The largest absolute Gasteiger partial charge is 0.347 e. The maximum Gasteiger partial charge on any atom is 0.272 e. The number of benzene rings is 1. The molecular formula is C15H16Cl3N5O3. The first-order valence-corrected chi connectivity index (χ1v) is 8.42. The molecule has 8 nitrogen and oxygen atoms in total. The van der Waals surface area contributed by atoms with E-state index in [1.165, 1.54) is 23.0 Å². The first kappa shape index (κ1) is 20.4. The van der Waals surface area contributed by atoms with Gasteiger partial charge in [0, 0.05) is 30.9 Å². The van der Waals surface area contributed by atoms with E-state index in [2.05, 4.69) is 15.7 Å². The SMILES string of the molecule is Cl.O=C(N[C@H]1CCCNC1)c1ccn(-c2c(Cl)cc([N+](=O)[O-])cc2Cl)n1. The molecule has 1 saturated heterocycles. The zero-order valence-electron chi connectivity index (χ0n) is 13.4. The monoisotopic (exact) mass is 419 g/mol. The van der Waals surface area contributed by atoms with Gasteiger partial charge in [-0.2, -0.15) is 5.10 Å². The molecular weight excluding hydrogens is 405 g/mol. The van der Waals surface area contributed by atoms with Crippen molar-refractivity contribution in [3.8, 4) is 5.69 Å². The van der Waals surface area contributed by atoms with E-state index in [0.717, 1.165) is 25.9 Å². The van der Waals surface area contributed by atoms with Crippen LogP contribution in [0.2, 0.25) is 10.0 Å². The summed E-state index contributed by atoms with van der Waals surface area (Å²) in [4.78, 5) is 22.6. The number of nitro benzene ring substituents is 1. The maximum atomic E-state index is 12.3. The quantitative estimate of drug-likeness (QED) is 0.585. The van der Waals surface area contributed by atoms with Gasteiger partial charge in [0.05, 0.1) is 15.0 Å². The van der Waals surface area contributed by atoms with Crippen LogP contribution in [0.3, 0.4) is 0 Å². The molecule has 3 rings (SSSR count). The lowest BCUT2D eigenvalue weighted by molar-refractivity contribution is -0.384. The Morgan fingerprint density at radius 2 is 2.08 bits per heavy atom. The van der Waals surface area contributed by atoms with Crippen LogP contribution in [0.4, 0.5) is 5.69 Å². The van der Waals surface area contributed by atoms with Gasteiger partial charge in [0.2, 0.25) is 0 Å². The molecule has 11 heteroatoms. The highest BCUT2D eigenvalue weighted by molar-refractivity contribution is 6.38. The van der Waals surface area contributed by atoms with Crippen molar-refractivity contribution in [2.45, 2.75) is 18.9 Å². The Hall–Kier alpha value is -1.87. The molecule has 0 radical (unpaired) electrons. The number of nitro groups is 1. The summed E-state index contributed by atoms with van der Waals surface area (Å²) in [5.41, 5.74) is 0.289. The van der Waals surface area contributed by atoms with Crippen LogP contribution in [0.1, 0.15) is 23.3 Å². The van der Waals surface area contributed by atoms with Gasteiger partial charge in [-0.05, 0) is 25.5 Å². The second-order valence-electron chi connectivity index (χ2n) is 5.68. The number of carbonyl (C=O) groups excluding carboxylic acids is 1. The summed E-state index contributed by atoms with van der Waals surface area (Å²) >= 11 is 12.2. The number of carbonyl (C=O) groups is 1. The number of piperidine rings is 1. The molecule has 0 unspecified atom stereocenters. The van der Waals surface area contributed by atoms with Crippen LogP contribution in [-0.4, -0.2) is 39.7 Å². The van der Waals surface area contributed by atoms with Gasteiger partial charge in [0.15, 0.2) is 5.69 Å². The van der Waals surface area contributed by atoms with Crippen LogP contribution in [0.15, 0.2) is 24.4 Å². The van der Waals surface area contributed by atoms with E-state index in [4.69, 9.17) is 23.2 Å². The number of amides is 1. The highest BCUT2D eigenvalue weighted by Gasteiger charge is 2.20. The van der Waals surface area contributed by atoms with E-state index >= 15 is 0 Å². The molecule has 0 saturated carbocycles. The van der Waals surface area contributed by atoms with Crippen molar-refractivity contribution < 1.29 is 9.72 Å². The molecule has 1 aromatic carbocycles. The fourth-order valence-corrected chi connectivity index (χ4v) is 3.33. The molecule has 1 aliphatic rings. The van der Waals surface area contributed by atoms with E-state index in [1.807, 2.05) is 0 Å². The number of aromatic nitrogens is 2. The molecule has 2 heterocycles. The summed E-state index contributed by atoms with van der Waals surface area (Å²) in [6, 6.07) is 3.99. The molecule has 1 amide bonds. The lowest BCUT2D eigenvalue weighted by Gasteiger charge is -2.23. The van der Waals surface area contributed by atoms with Gasteiger partial charge >= 0.3 is 0 Å². The van der Waals surface area contributed by atoms with E-state index < -0.39 is 4.92 Å². The third-order valence-electron chi connectivity index (χ3n) is 3.90. The number of hydrogen-bond acceptors (Lipinski definition) is 5. The summed E-state index contributed by atoms with van der Waals surface area (Å²) < 4.78 is 1.34. The summed E-state index contributed by atoms with van der Waals surface area (Å²) in [6.45, 7) is 1.69. The lowest BCUT2D eigenvalue weighted by atomic mass is 10.1. The summed E-state index contributed by atoms with van der Waals surface area (Å²) in [6.07, 6.45) is 3.46. The Bertz CT molecular complexity index is 798. The first-order valence-electron chi connectivity index (χ1n) is 7.67. The predicted octanol–water partition coefficient (Wildman–Crippen LogP) is 2.99. The zero-order chi connectivity index (χ0) is 18.0. The summed E-state index contributed by atoms with van der Waals surface area (Å²) in [5, 5.41) is 21.3. The Balaban J connectivity index is 0.00000243. The standard InChI is InChI=1S/C15H15Cl2N5O3.ClH/c16-11-6-10(22(24)25)7-12(17)14(11)21-5-3-13(20-21)15(23)19-9-2-1-4-18-8-9;/h3,5-7,9,18H,1-2,4,8H2,(H,19,23);1H/t9-;/m0./s1. The van der Waals surface area contributed by atoms with Crippen molar-refractivity contribution >= 4 is 47.2 Å². The van der Waals surface area contributed by atoms with Crippen LogP contribution in [0.5, 0.6) is 0 Å². The van der Waals surface area contributed by atoms with Crippen LogP contribution >= 0.6 is 35.6 Å². The highest BCUT2D eigenvalue weighted by Crippen LogP contribution is 2.32. The minimum atomic E-state index is -0.582. The number of hydrogen-bond donors (Lipinski definition) is 2. The molecule has 1 atom stereocenters. The molecule has 26 heavy (non-hydrogen) atoms. The van der Waals surface area contributed by atoms with Gasteiger partial charge in [-0.3, -0.25) is 14.9 Å². The molecule has 0 spiro atoms. The molecule has 0 aliphatic carbocycles. The minimum absolute atomic E-state index is 0. The zero-order valence-corrected chi connectivity index (χ0v) is 15.8. The average molecular weight is 421 g/mol. The average Bonchev–Trinajstić information content (AvgIpc) is 3.04. The number of halogens is 3. The third-order valence-corrected chi connectivity index (χ3v) is 4.47. The maximum absolute atomic E-state index is 12.3. The first-order chi connectivity index (χ1) is 12.0. The van der Waals surface area contributed by atoms with Crippen molar-refractivity contribution in [1.29, 1.82) is 0 Å². The topological polar surface area (TPSA) is 102 Å². The summed E-state index contributed by atoms with van der Waals surface area (Å²) in [7, 11) is 0. The number of nitrogens with one attached hydrogen (secondary N) is 2. The smallest absolute Gasteiger partial charge is 0.272 e. The fraction of sp³-hybridized carbons (Fsp3) is 0.333. The lowest BCUT2D eigenvalue weighted by Crippen LogP contribution is -2.45. The Kier molecular flexibility index (Phi) is 6.82. The molecule has 1 fully saturated rings. The number of rotatable bonds is 4. The second kappa shape index (κ2) is 8.68. The van der Waals surface area contributed by atoms with Crippen molar-refractivity contribution in [3.63, 3.8) is 0 Å². The van der Waals surface area contributed by atoms with Crippen LogP contribution in [0.25, 0.3) is 5.69 Å². The van der Waals surface area contributed by atoms with Gasteiger partial charge in [-0.15, -0.1) is 12.4 Å². The minimum Gasteiger partial charge on any atom is -0.347 e. The molecule has 1 aliphatic heterocycles. The van der Waals surface area contributed by atoms with Gasteiger partial charge in [0.1, 0.15) is 5.69 Å². The van der Waals surface area contributed by atoms with E-state index in [9.17, 15) is 14.9 Å².